The summed E-state index contributed by atoms with van der Waals surface area (Å²) in [6, 6.07) is 0. The van der Waals surface area contributed by atoms with Gasteiger partial charge in [0.15, 0.2) is 0 Å². The Kier molecular flexibility index (Phi) is 1.84. The van der Waals surface area contributed by atoms with Gasteiger partial charge in [0.2, 0.25) is 12.0 Å². The predicted molar refractivity (Wildman–Crippen MR) is 26.1 cm³/mol. The van der Waals surface area contributed by atoms with E-state index in [4.69, 9.17) is 0 Å². The average molecular weight is 150 g/mol. The molecule has 0 aromatic carbocycles. The van der Waals surface area contributed by atoms with Gasteiger partial charge >= 0.3 is 0 Å². The second kappa shape index (κ2) is 2.64. The van der Waals surface area contributed by atoms with Crippen LogP contribution in [0.15, 0.2) is 12.0 Å². The molecule has 0 fully saturated rings. The zero-order valence-electron chi connectivity index (χ0n) is 4.79. The molecule has 0 aromatic heterocycles. The van der Waals surface area contributed by atoms with Gasteiger partial charge in [-0.15, -0.1) is 0 Å². The number of allylic oxidation sites excluding steroid dienone is 1. The Bertz CT molecular complexity index is 166. The molecule has 0 aromatic rings. The van der Waals surface area contributed by atoms with E-state index in [9.17, 15) is 13.6 Å². The molecule has 3 nitrogen and oxygen atoms in total. The Labute approximate surface area is 55.2 Å². The maximum Gasteiger partial charge on any atom is 0.298 e. The summed E-state index contributed by atoms with van der Waals surface area (Å²) in [5, 5.41) is 0. The van der Waals surface area contributed by atoms with Crippen LogP contribution in [0.2, 0.25) is 0 Å². The normalized spacial score (nSPS) is 23.5. The fourth-order valence-electron chi connectivity index (χ4n) is 0.487. The van der Waals surface area contributed by atoms with Gasteiger partial charge in [0.25, 0.3) is 12.7 Å². The molecule has 1 aliphatic rings. The van der Waals surface area contributed by atoms with Crippen molar-refractivity contribution in [3.05, 3.63) is 12.0 Å². The molecule has 1 atom stereocenters. The zero-order valence-corrected chi connectivity index (χ0v) is 4.79. The first-order valence-corrected chi connectivity index (χ1v) is 2.49. The van der Waals surface area contributed by atoms with Crippen LogP contribution in [-0.4, -0.2) is 19.0 Å². The fraction of sp³-hybridized carbons (Fsp3) is 0.400. The Morgan fingerprint density at radius 1 is 1.70 bits per heavy atom. The highest BCUT2D eigenvalue weighted by molar-refractivity contribution is 5.54. The lowest BCUT2D eigenvalue weighted by Gasteiger charge is -2.02. The molecule has 1 aliphatic heterocycles. The number of alkyl halides is 2. The first-order chi connectivity index (χ1) is 4.74. The highest BCUT2D eigenvalue weighted by Crippen LogP contribution is 2.18. The summed E-state index contributed by atoms with van der Waals surface area (Å²) in [4.78, 5) is 9.85. The maximum absolute atomic E-state index is 11.7. The van der Waals surface area contributed by atoms with E-state index < -0.39 is 18.5 Å². The van der Waals surface area contributed by atoms with Crippen molar-refractivity contribution in [3.63, 3.8) is 0 Å². The van der Waals surface area contributed by atoms with E-state index in [1.807, 2.05) is 0 Å². The van der Waals surface area contributed by atoms with Crippen LogP contribution in [0.1, 0.15) is 0 Å². The summed E-state index contributed by atoms with van der Waals surface area (Å²) in [5.74, 6) is -0.600. The average Bonchev–Trinajstić information content (AvgIpc) is 2.34. The van der Waals surface area contributed by atoms with Crippen LogP contribution in [0, 0.1) is 0 Å². The molecule has 10 heavy (non-hydrogen) atoms. The molecule has 0 spiro atoms. The van der Waals surface area contributed by atoms with Gasteiger partial charge in [0, 0.05) is 0 Å². The largest absolute Gasteiger partial charge is 0.452 e. The fourth-order valence-corrected chi connectivity index (χ4v) is 0.487. The Morgan fingerprint density at radius 2 is 2.40 bits per heavy atom. The topological polar surface area (TPSA) is 35.5 Å². The number of hydrogen-bond acceptors (Lipinski definition) is 3. The van der Waals surface area contributed by atoms with Crippen LogP contribution in [0.4, 0.5) is 8.78 Å². The Hall–Kier alpha value is -1.13. The van der Waals surface area contributed by atoms with Crippen molar-refractivity contribution in [3.8, 4) is 0 Å². The second-order valence-corrected chi connectivity index (χ2v) is 1.58. The van der Waals surface area contributed by atoms with Crippen LogP contribution in [0.25, 0.3) is 0 Å². The van der Waals surface area contributed by atoms with E-state index in [1.54, 1.807) is 0 Å². The van der Waals surface area contributed by atoms with Gasteiger partial charge in [-0.05, 0) is 0 Å². The SMILES string of the molecule is O=CC1OC=C(C(F)F)O1. The van der Waals surface area contributed by atoms with E-state index in [0.29, 0.717) is 6.29 Å². The van der Waals surface area contributed by atoms with Gasteiger partial charge in [-0.1, -0.05) is 0 Å². The van der Waals surface area contributed by atoms with Gasteiger partial charge in [-0.3, -0.25) is 4.79 Å². The highest BCUT2D eigenvalue weighted by Gasteiger charge is 2.24. The van der Waals surface area contributed by atoms with Crippen molar-refractivity contribution in [1.29, 1.82) is 0 Å². The maximum atomic E-state index is 11.7. The van der Waals surface area contributed by atoms with Gasteiger partial charge in [0.05, 0.1) is 0 Å². The molecule has 0 bridgehead atoms. The summed E-state index contributed by atoms with van der Waals surface area (Å²) >= 11 is 0. The molecule has 0 saturated heterocycles. The molecule has 5 heteroatoms. The molecule has 1 rings (SSSR count). The van der Waals surface area contributed by atoms with Crippen LogP contribution in [0.5, 0.6) is 0 Å². The minimum atomic E-state index is -2.72. The van der Waals surface area contributed by atoms with Gasteiger partial charge in [0.1, 0.15) is 6.26 Å². The number of hydrogen-bond donors (Lipinski definition) is 0. The third-order valence-corrected chi connectivity index (χ3v) is 0.897. The van der Waals surface area contributed by atoms with E-state index in [0.717, 1.165) is 6.26 Å². The van der Waals surface area contributed by atoms with Crippen molar-refractivity contribution in [2.75, 3.05) is 0 Å². The summed E-state index contributed by atoms with van der Waals surface area (Å²) in [6.07, 6.45) is -2.87. The van der Waals surface area contributed by atoms with E-state index in [1.165, 1.54) is 0 Å². The van der Waals surface area contributed by atoms with Crippen LogP contribution in [-0.2, 0) is 14.3 Å². The number of ether oxygens (including phenoxy) is 2. The number of halogens is 2. The molecule has 0 radical (unpaired) electrons. The lowest BCUT2D eigenvalue weighted by molar-refractivity contribution is -0.130. The molecule has 1 heterocycles. The summed E-state index contributed by atoms with van der Waals surface area (Å²) in [5.41, 5.74) is 0. The van der Waals surface area contributed by atoms with E-state index >= 15 is 0 Å². The molecular formula is C5H4F2O3. The summed E-state index contributed by atoms with van der Waals surface area (Å²) < 4.78 is 32.0. The number of aldehydes is 1. The molecule has 0 saturated carbocycles. The predicted octanol–water partition coefficient (Wildman–Crippen LogP) is 0.665. The molecular weight excluding hydrogens is 146 g/mol. The van der Waals surface area contributed by atoms with Crippen LogP contribution >= 0.6 is 0 Å². The first kappa shape index (κ1) is 6.98. The van der Waals surface area contributed by atoms with E-state index in [-0.39, 0.29) is 0 Å². The number of carbonyl (C=O) groups excluding carboxylic acids is 1. The standard InChI is InChI=1S/C5H4F2O3/c6-5(7)3-2-9-4(1-8)10-3/h1-2,4-5H. The molecule has 0 amide bonds. The third-order valence-electron chi connectivity index (χ3n) is 0.897. The number of rotatable bonds is 2. The smallest absolute Gasteiger partial charge is 0.298 e. The minimum Gasteiger partial charge on any atom is -0.452 e. The Balaban J connectivity index is 2.46. The highest BCUT2D eigenvalue weighted by atomic mass is 19.3. The van der Waals surface area contributed by atoms with Gasteiger partial charge < -0.3 is 9.47 Å². The van der Waals surface area contributed by atoms with Crippen LogP contribution in [0.3, 0.4) is 0 Å². The molecule has 0 aliphatic carbocycles. The second-order valence-electron chi connectivity index (χ2n) is 1.58. The van der Waals surface area contributed by atoms with Gasteiger partial charge in [-0.2, -0.15) is 0 Å². The minimum absolute atomic E-state index is 0.297. The number of carbonyl (C=O) groups is 1. The lowest BCUT2D eigenvalue weighted by atomic mass is 10.6. The molecule has 56 valence electrons. The van der Waals surface area contributed by atoms with Crippen molar-refractivity contribution in [2.24, 2.45) is 0 Å². The van der Waals surface area contributed by atoms with Crippen molar-refractivity contribution in [2.45, 2.75) is 12.7 Å². The summed E-state index contributed by atoms with van der Waals surface area (Å²) in [7, 11) is 0. The quantitative estimate of drug-likeness (QED) is 0.542. The monoisotopic (exact) mass is 150 g/mol. The summed E-state index contributed by atoms with van der Waals surface area (Å²) in [6.45, 7) is 0. The third kappa shape index (κ3) is 1.23. The Morgan fingerprint density at radius 3 is 2.70 bits per heavy atom. The van der Waals surface area contributed by atoms with Gasteiger partial charge in [-0.25, -0.2) is 8.78 Å². The lowest BCUT2D eigenvalue weighted by Crippen LogP contribution is -2.11. The zero-order chi connectivity index (χ0) is 7.56. The molecule has 0 N–H and O–H groups in total. The van der Waals surface area contributed by atoms with E-state index in [2.05, 4.69) is 9.47 Å². The van der Waals surface area contributed by atoms with Crippen molar-refractivity contribution >= 4 is 6.29 Å². The first-order valence-electron chi connectivity index (χ1n) is 2.49. The van der Waals surface area contributed by atoms with Crippen molar-refractivity contribution < 1.29 is 23.0 Å². The van der Waals surface area contributed by atoms with Crippen molar-refractivity contribution in [1.82, 2.24) is 0 Å². The van der Waals surface area contributed by atoms with Crippen LogP contribution < -0.4 is 0 Å². The molecule has 1 unspecified atom stereocenters.